The molecule has 20 heavy (non-hydrogen) atoms. The molecule has 8 heteroatoms. The molecule has 108 valence electrons. The van der Waals surface area contributed by atoms with E-state index in [1.807, 2.05) is 6.07 Å². The monoisotopic (exact) mass is 422 g/mol. The number of carboxylic acid groups (broad SMARTS) is 1. The summed E-state index contributed by atoms with van der Waals surface area (Å²) in [5, 5.41) is 11.9. The zero-order chi connectivity index (χ0) is 14.7. The van der Waals surface area contributed by atoms with E-state index in [-0.39, 0.29) is 6.03 Å². The Balaban J connectivity index is 2.12. The van der Waals surface area contributed by atoms with Crippen molar-refractivity contribution in [2.45, 2.75) is 6.04 Å². The number of hydrogen-bond donors (Lipinski definition) is 2. The van der Waals surface area contributed by atoms with Crippen LogP contribution < -0.4 is 5.32 Å². The molecule has 2 amide bonds. The van der Waals surface area contributed by atoms with Gasteiger partial charge in [-0.3, -0.25) is 0 Å². The first kappa shape index (κ1) is 15.7. The van der Waals surface area contributed by atoms with Crippen LogP contribution in [0.3, 0.4) is 0 Å². The third-order valence-electron chi connectivity index (χ3n) is 2.85. The van der Waals surface area contributed by atoms with Crippen molar-refractivity contribution in [3.05, 3.63) is 27.1 Å². The molecule has 2 rings (SSSR count). The molecular formula is C12H12Br2N2O3S. The number of nitrogens with zero attached hydrogens (tertiary/aromatic N) is 1. The fraction of sp³-hybridized carbons (Fsp3) is 0.333. The molecule has 1 unspecified atom stereocenters. The molecule has 5 nitrogen and oxygen atoms in total. The van der Waals surface area contributed by atoms with Crippen molar-refractivity contribution in [1.82, 2.24) is 4.90 Å². The molecule has 1 aliphatic heterocycles. The molecule has 0 radical (unpaired) electrons. The number of halogens is 2. The summed E-state index contributed by atoms with van der Waals surface area (Å²) in [6.45, 7) is 0.432. The average Bonchev–Trinajstić information content (AvgIpc) is 2.41. The highest BCUT2D eigenvalue weighted by molar-refractivity contribution is 9.11. The predicted octanol–water partition coefficient (Wildman–Crippen LogP) is 3.25. The zero-order valence-corrected chi connectivity index (χ0v) is 14.3. The number of rotatable bonds is 2. The zero-order valence-electron chi connectivity index (χ0n) is 10.3. The van der Waals surface area contributed by atoms with E-state index >= 15 is 0 Å². The van der Waals surface area contributed by atoms with Crippen molar-refractivity contribution in [1.29, 1.82) is 0 Å². The van der Waals surface area contributed by atoms with Crippen molar-refractivity contribution in [2.24, 2.45) is 0 Å². The van der Waals surface area contributed by atoms with E-state index in [1.54, 1.807) is 23.9 Å². The summed E-state index contributed by atoms with van der Waals surface area (Å²) >= 11 is 8.24. The molecule has 1 atom stereocenters. The van der Waals surface area contributed by atoms with Crippen LogP contribution in [0, 0.1) is 0 Å². The predicted molar refractivity (Wildman–Crippen MR) is 86.3 cm³/mol. The third-order valence-corrected chi connectivity index (χ3v) is 5.02. The summed E-state index contributed by atoms with van der Waals surface area (Å²) in [4.78, 5) is 24.8. The SMILES string of the molecule is O=C(O)C1CSCCN1C(=O)Nc1ccc(Br)cc1Br. The van der Waals surface area contributed by atoms with Crippen molar-refractivity contribution in [3.63, 3.8) is 0 Å². The largest absolute Gasteiger partial charge is 0.480 e. The molecule has 0 aromatic heterocycles. The van der Waals surface area contributed by atoms with Gasteiger partial charge >= 0.3 is 12.0 Å². The normalized spacial score (nSPS) is 18.7. The minimum Gasteiger partial charge on any atom is -0.480 e. The highest BCUT2D eigenvalue weighted by Gasteiger charge is 2.32. The molecule has 1 heterocycles. The second-order valence-corrected chi connectivity index (χ2v) is 7.10. The number of hydrogen-bond acceptors (Lipinski definition) is 3. The molecule has 1 aliphatic rings. The summed E-state index contributed by atoms with van der Waals surface area (Å²) < 4.78 is 1.62. The van der Waals surface area contributed by atoms with Crippen LogP contribution in [0.15, 0.2) is 27.1 Å². The molecule has 1 fully saturated rings. The lowest BCUT2D eigenvalue weighted by Gasteiger charge is -2.32. The Kier molecular flexibility index (Phi) is 5.34. The van der Waals surface area contributed by atoms with Crippen LogP contribution in [-0.4, -0.2) is 46.1 Å². The van der Waals surface area contributed by atoms with Crippen molar-refractivity contribution >= 4 is 61.3 Å². The highest BCUT2D eigenvalue weighted by atomic mass is 79.9. The van der Waals surface area contributed by atoms with E-state index in [2.05, 4.69) is 37.2 Å². The fourth-order valence-corrected chi connectivity index (χ4v) is 4.01. The Labute approximate surface area is 137 Å². The van der Waals surface area contributed by atoms with Gasteiger partial charge in [0.15, 0.2) is 0 Å². The van der Waals surface area contributed by atoms with Crippen LogP contribution in [0.25, 0.3) is 0 Å². The number of aliphatic carboxylic acids is 1. The van der Waals surface area contributed by atoms with Gasteiger partial charge in [-0.2, -0.15) is 11.8 Å². The number of anilines is 1. The Bertz CT molecular complexity index is 541. The fourth-order valence-electron chi connectivity index (χ4n) is 1.83. The van der Waals surface area contributed by atoms with Crippen LogP contribution in [0.4, 0.5) is 10.5 Å². The number of benzene rings is 1. The molecule has 1 saturated heterocycles. The maximum absolute atomic E-state index is 12.2. The molecule has 0 saturated carbocycles. The van der Waals surface area contributed by atoms with Gasteiger partial charge in [0.25, 0.3) is 0 Å². The van der Waals surface area contributed by atoms with Crippen molar-refractivity contribution < 1.29 is 14.7 Å². The topological polar surface area (TPSA) is 69.6 Å². The number of amides is 2. The summed E-state index contributed by atoms with van der Waals surface area (Å²) in [6.07, 6.45) is 0. The van der Waals surface area contributed by atoms with Gasteiger partial charge in [-0.15, -0.1) is 0 Å². The minimum atomic E-state index is -0.970. The molecular weight excluding hydrogens is 412 g/mol. The maximum Gasteiger partial charge on any atom is 0.327 e. The standard InChI is InChI=1S/C12H12Br2N2O3S/c13-7-1-2-9(8(14)5-7)15-12(19)16-3-4-20-6-10(16)11(17)18/h1-2,5,10H,3-4,6H2,(H,15,19)(H,17,18). The Morgan fingerprint density at radius 3 is 2.80 bits per heavy atom. The van der Waals surface area contributed by atoms with Crippen molar-refractivity contribution in [2.75, 3.05) is 23.4 Å². The first-order chi connectivity index (χ1) is 9.49. The number of carbonyl (C=O) groups is 2. The Morgan fingerprint density at radius 2 is 2.15 bits per heavy atom. The van der Waals surface area contributed by atoms with Gasteiger partial charge in [-0.1, -0.05) is 15.9 Å². The molecule has 0 aliphatic carbocycles. The van der Waals surface area contributed by atoms with E-state index in [9.17, 15) is 9.59 Å². The number of carboxylic acids is 1. The lowest BCUT2D eigenvalue weighted by Crippen LogP contribution is -2.51. The van der Waals surface area contributed by atoms with Gasteiger partial charge < -0.3 is 15.3 Å². The third kappa shape index (κ3) is 3.67. The Hall–Kier alpha value is -0.730. The van der Waals surface area contributed by atoms with Gasteiger partial charge in [0.05, 0.1) is 5.69 Å². The molecule has 0 bridgehead atoms. The number of urea groups is 1. The quantitative estimate of drug-likeness (QED) is 0.765. The van der Waals surface area contributed by atoms with Gasteiger partial charge in [-0.05, 0) is 34.1 Å². The van der Waals surface area contributed by atoms with Gasteiger partial charge in [-0.25, -0.2) is 9.59 Å². The summed E-state index contributed by atoms with van der Waals surface area (Å²) in [7, 11) is 0. The number of carbonyl (C=O) groups excluding carboxylic acids is 1. The molecule has 2 N–H and O–H groups in total. The van der Waals surface area contributed by atoms with Crippen LogP contribution in [0.1, 0.15) is 0 Å². The van der Waals surface area contributed by atoms with Crippen LogP contribution in [0.5, 0.6) is 0 Å². The van der Waals surface area contributed by atoms with Crippen LogP contribution in [-0.2, 0) is 4.79 Å². The van der Waals surface area contributed by atoms with E-state index in [4.69, 9.17) is 5.11 Å². The lowest BCUT2D eigenvalue weighted by atomic mass is 10.3. The summed E-state index contributed by atoms with van der Waals surface area (Å²) in [6, 6.07) is 4.21. The maximum atomic E-state index is 12.2. The number of nitrogens with one attached hydrogen (secondary N) is 1. The van der Waals surface area contributed by atoms with E-state index in [0.29, 0.717) is 18.0 Å². The van der Waals surface area contributed by atoms with E-state index in [1.165, 1.54) is 4.90 Å². The molecule has 1 aromatic rings. The summed E-state index contributed by atoms with van der Waals surface area (Å²) in [5.41, 5.74) is 0.612. The van der Waals surface area contributed by atoms with Gasteiger partial charge in [0, 0.05) is 27.0 Å². The minimum absolute atomic E-state index is 0.388. The first-order valence-corrected chi connectivity index (χ1v) is 8.56. The Morgan fingerprint density at radius 1 is 1.40 bits per heavy atom. The average molecular weight is 424 g/mol. The van der Waals surface area contributed by atoms with E-state index < -0.39 is 12.0 Å². The summed E-state index contributed by atoms with van der Waals surface area (Å²) in [5.74, 6) is 0.199. The molecule has 0 spiro atoms. The van der Waals surface area contributed by atoms with Crippen LogP contribution >= 0.6 is 43.6 Å². The lowest BCUT2D eigenvalue weighted by molar-refractivity contribution is -0.141. The highest BCUT2D eigenvalue weighted by Crippen LogP contribution is 2.27. The van der Waals surface area contributed by atoms with Gasteiger partial charge in [0.2, 0.25) is 0 Å². The van der Waals surface area contributed by atoms with Crippen LogP contribution in [0.2, 0.25) is 0 Å². The van der Waals surface area contributed by atoms with E-state index in [0.717, 1.165) is 14.7 Å². The smallest absolute Gasteiger partial charge is 0.327 e. The molecule has 1 aromatic carbocycles. The van der Waals surface area contributed by atoms with Crippen molar-refractivity contribution in [3.8, 4) is 0 Å². The first-order valence-electron chi connectivity index (χ1n) is 5.82. The second-order valence-electron chi connectivity index (χ2n) is 4.18. The number of thioether (sulfide) groups is 1. The second kappa shape index (κ2) is 6.82. The van der Waals surface area contributed by atoms with Gasteiger partial charge in [0.1, 0.15) is 6.04 Å².